The number of benzene rings is 2. The molecular weight excluding hydrogens is 435 g/mol. The van der Waals surface area contributed by atoms with E-state index in [-0.39, 0.29) is 35.4 Å². The van der Waals surface area contributed by atoms with Gasteiger partial charge in [0.25, 0.3) is 0 Å². The highest BCUT2D eigenvalue weighted by molar-refractivity contribution is 9.10. The van der Waals surface area contributed by atoms with Gasteiger partial charge >= 0.3 is 0 Å². The molecule has 27 heavy (non-hydrogen) atoms. The van der Waals surface area contributed by atoms with Gasteiger partial charge in [0, 0.05) is 28.1 Å². The van der Waals surface area contributed by atoms with Crippen LogP contribution in [0.1, 0.15) is 25.0 Å². The molecule has 1 atom stereocenters. The Hall–Kier alpha value is -1.92. The number of likely N-dealkylation sites (N-methyl/N-ethyl adjacent to an activating group) is 1. The number of hydrogen-bond donors (Lipinski definition) is 1. The van der Waals surface area contributed by atoms with Crippen molar-refractivity contribution in [2.24, 2.45) is 0 Å². The summed E-state index contributed by atoms with van der Waals surface area (Å²) in [5, 5.41) is 2.91. The third-order valence-corrected chi connectivity index (χ3v) is 5.00. The molecule has 0 spiro atoms. The van der Waals surface area contributed by atoms with Crippen LogP contribution in [-0.2, 0) is 22.6 Å². The fourth-order valence-corrected chi connectivity index (χ4v) is 3.37. The molecule has 0 aliphatic rings. The number of halogens is 3. The van der Waals surface area contributed by atoms with Crippen LogP contribution < -0.4 is 5.32 Å². The molecule has 0 radical (unpaired) electrons. The summed E-state index contributed by atoms with van der Waals surface area (Å²) in [6.45, 7) is 4.15. The Morgan fingerprint density at radius 1 is 1.26 bits per heavy atom. The highest BCUT2D eigenvalue weighted by Gasteiger charge is 2.27. The monoisotopic (exact) mass is 454 g/mol. The lowest BCUT2D eigenvalue weighted by Crippen LogP contribution is -2.48. The fourth-order valence-electron chi connectivity index (χ4n) is 2.69. The summed E-state index contributed by atoms with van der Waals surface area (Å²) in [4.78, 5) is 26.7. The first-order valence-corrected chi connectivity index (χ1v) is 9.75. The van der Waals surface area contributed by atoms with E-state index in [1.807, 2.05) is 31.2 Å². The predicted molar refractivity (Wildman–Crippen MR) is 108 cm³/mol. The molecule has 4 nitrogen and oxygen atoms in total. The maximum Gasteiger partial charge on any atom is 0.242 e. The maximum atomic E-state index is 14.1. The number of nitrogens with zero attached hydrogens (tertiary/aromatic N) is 1. The molecule has 7 heteroatoms. The summed E-state index contributed by atoms with van der Waals surface area (Å²) in [7, 11) is 0. The smallest absolute Gasteiger partial charge is 0.242 e. The molecule has 2 rings (SSSR count). The molecule has 0 bridgehead atoms. The van der Waals surface area contributed by atoms with Crippen LogP contribution in [0.25, 0.3) is 0 Å². The van der Waals surface area contributed by atoms with Gasteiger partial charge < -0.3 is 10.2 Å². The molecule has 0 fully saturated rings. The summed E-state index contributed by atoms with van der Waals surface area (Å²) in [6.07, 6.45) is -0.219. The number of hydrogen-bond acceptors (Lipinski definition) is 2. The molecule has 0 saturated heterocycles. The van der Waals surface area contributed by atoms with Crippen molar-refractivity contribution in [3.05, 3.63) is 68.9 Å². The quantitative estimate of drug-likeness (QED) is 0.675. The van der Waals surface area contributed by atoms with Crippen molar-refractivity contribution in [2.75, 3.05) is 6.54 Å². The largest absolute Gasteiger partial charge is 0.355 e. The van der Waals surface area contributed by atoms with Crippen molar-refractivity contribution in [3.8, 4) is 0 Å². The Kier molecular flexibility index (Phi) is 7.80. The highest BCUT2D eigenvalue weighted by atomic mass is 79.9. The molecule has 0 aliphatic carbocycles. The van der Waals surface area contributed by atoms with E-state index >= 15 is 0 Å². The van der Waals surface area contributed by atoms with Crippen molar-refractivity contribution in [1.29, 1.82) is 0 Å². The zero-order valence-corrected chi connectivity index (χ0v) is 17.5. The molecule has 0 aromatic heterocycles. The Morgan fingerprint density at radius 3 is 2.59 bits per heavy atom. The zero-order chi connectivity index (χ0) is 20.0. The third kappa shape index (κ3) is 5.78. The van der Waals surface area contributed by atoms with Gasteiger partial charge in [-0.2, -0.15) is 0 Å². The van der Waals surface area contributed by atoms with Gasteiger partial charge in [0.1, 0.15) is 11.9 Å². The predicted octanol–water partition coefficient (Wildman–Crippen LogP) is 4.34. The lowest BCUT2D eigenvalue weighted by molar-refractivity contribution is -0.140. The Bertz CT molecular complexity index is 811. The van der Waals surface area contributed by atoms with E-state index in [1.165, 1.54) is 17.0 Å². The minimum atomic E-state index is -0.706. The first-order valence-electron chi connectivity index (χ1n) is 8.58. The number of carbonyl (C=O) groups excluding carboxylic acids is 2. The standard InChI is InChI=1S/C20H21BrClFN2O2/c1-3-24-20(27)13(2)25(12-14-6-4-7-15(21)10-14)19(26)11-16-17(22)8-5-9-18(16)23/h4-10,13H,3,11-12H2,1-2H3,(H,24,27)/t13-/m1/s1. The van der Waals surface area contributed by atoms with E-state index in [1.54, 1.807) is 13.0 Å². The van der Waals surface area contributed by atoms with Crippen molar-refractivity contribution < 1.29 is 14.0 Å². The Labute approximate surface area is 171 Å². The van der Waals surface area contributed by atoms with Crippen molar-refractivity contribution >= 4 is 39.3 Å². The minimum Gasteiger partial charge on any atom is -0.355 e. The molecular formula is C20H21BrClFN2O2. The average Bonchev–Trinajstić information content (AvgIpc) is 2.62. The average molecular weight is 456 g/mol. The van der Waals surface area contributed by atoms with Crippen LogP contribution in [0.2, 0.25) is 5.02 Å². The summed E-state index contributed by atoms with van der Waals surface area (Å²) in [6, 6.07) is 11.1. The van der Waals surface area contributed by atoms with Crippen LogP contribution in [0.15, 0.2) is 46.9 Å². The second-order valence-corrected chi connectivity index (χ2v) is 7.42. The van der Waals surface area contributed by atoms with E-state index in [0.29, 0.717) is 6.54 Å². The molecule has 144 valence electrons. The van der Waals surface area contributed by atoms with Crippen molar-refractivity contribution in [2.45, 2.75) is 32.9 Å². The first-order chi connectivity index (χ1) is 12.8. The number of carbonyl (C=O) groups is 2. The minimum absolute atomic E-state index is 0.131. The number of amides is 2. The normalized spacial score (nSPS) is 11.7. The molecule has 0 unspecified atom stereocenters. The first kappa shape index (κ1) is 21.4. The Morgan fingerprint density at radius 2 is 1.96 bits per heavy atom. The van der Waals surface area contributed by atoms with Gasteiger partial charge in [0.15, 0.2) is 0 Å². The molecule has 0 heterocycles. The van der Waals surface area contributed by atoms with Gasteiger partial charge in [-0.3, -0.25) is 9.59 Å². The SMILES string of the molecule is CCNC(=O)[C@@H](C)N(Cc1cccc(Br)c1)C(=O)Cc1c(F)cccc1Cl. The lowest BCUT2D eigenvalue weighted by Gasteiger charge is -2.29. The Balaban J connectivity index is 2.30. The van der Waals surface area contributed by atoms with Crippen LogP contribution in [0.4, 0.5) is 4.39 Å². The second-order valence-electron chi connectivity index (χ2n) is 6.10. The summed E-state index contributed by atoms with van der Waals surface area (Å²) >= 11 is 9.46. The molecule has 1 N–H and O–H groups in total. The van der Waals surface area contributed by atoms with E-state index in [9.17, 15) is 14.0 Å². The molecule has 0 saturated carbocycles. The number of nitrogens with one attached hydrogen (secondary N) is 1. The van der Waals surface area contributed by atoms with Crippen molar-refractivity contribution in [3.63, 3.8) is 0 Å². The zero-order valence-electron chi connectivity index (χ0n) is 15.1. The van der Waals surface area contributed by atoms with E-state index < -0.39 is 11.9 Å². The molecule has 2 aromatic carbocycles. The van der Waals surface area contributed by atoms with Crippen LogP contribution in [0.3, 0.4) is 0 Å². The van der Waals surface area contributed by atoms with Gasteiger partial charge in [-0.1, -0.05) is 45.7 Å². The van der Waals surface area contributed by atoms with Gasteiger partial charge in [-0.05, 0) is 43.7 Å². The second kappa shape index (κ2) is 9.85. The van der Waals surface area contributed by atoms with E-state index in [4.69, 9.17) is 11.6 Å². The van der Waals surface area contributed by atoms with E-state index in [0.717, 1.165) is 10.0 Å². The van der Waals surface area contributed by atoms with Gasteiger partial charge in [-0.25, -0.2) is 4.39 Å². The van der Waals surface area contributed by atoms with Crippen LogP contribution in [0.5, 0.6) is 0 Å². The summed E-state index contributed by atoms with van der Waals surface area (Å²) < 4.78 is 15.0. The summed E-state index contributed by atoms with van der Waals surface area (Å²) in [5.74, 6) is -1.18. The third-order valence-electron chi connectivity index (χ3n) is 4.15. The van der Waals surface area contributed by atoms with Crippen LogP contribution in [0, 0.1) is 5.82 Å². The summed E-state index contributed by atoms with van der Waals surface area (Å²) in [5.41, 5.74) is 0.986. The molecule has 2 aromatic rings. The maximum absolute atomic E-state index is 14.1. The highest BCUT2D eigenvalue weighted by Crippen LogP contribution is 2.22. The van der Waals surface area contributed by atoms with Gasteiger partial charge in [0.2, 0.25) is 11.8 Å². The van der Waals surface area contributed by atoms with Crippen LogP contribution in [-0.4, -0.2) is 29.3 Å². The lowest BCUT2D eigenvalue weighted by atomic mass is 10.1. The van der Waals surface area contributed by atoms with Crippen LogP contribution >= 0.6 is 27.5 Å². The van der Waals surface area contributed by atoms with Gasteiger partial charge in [-0.15, -0.1) is 0 Å². The van der Waals surface area contributed by atoms with Gasteiger partial charge in [0.05, 0.1) is 6.42 Å². The van der Waals surface area contributed by atoms with Crippen molar-refractivity contribution in [1.82, 2.24) is 10.2 Å². The van der Waals surface area contributed by atoms with E-state index in [2.05, 4.69) is 21.2 Å². The fraction of sp³-hybridized carbons (Fsp3) is 0.300. The molecule has 2 amide bonds. The number of rotatable bonds is 7. The topological polar surface area (TPSA) is 49.4 Å². The molecule has 0 aliphatic heterocycles.